The molecule has 1 aliphatic heterocycles. The molecule has 1 heterocycles. The van der Waals surface area contributed by atoms with Crippen LogP contribution in [0.5, 0.6) is 0 Å². The number of carbonyl (C=O) groups excluding carboxylic acids is 2. The molecule has 1 aliphatic rings. The second-order valence-electron chi connectivity index (χ2n) is 4.58. The van der Waals surface area contributed by atoms with Crippen molar-refractivity contribution in [2.24, 2.45) is 5.73 Å². The number of hydrogen-bond acceptors (Lipinski definition) is 5. The van der Waals surface area contributed by atoms with Gasteiger partial charge in [-0.25, -0.2) is 9.59 Å². The molecule has 0 bridgehead atoms. The number of methoxy groups -OCH3 is 1. The van der Waals surface area contributed by atoms with E-state index in [0.29, 0.717) is 19.6 Å². The molecule has 1 rings (SSSR count). The lowest BCUT2D eigenvalue weighted by atomic mass is 10.0. The van der Waals surface area contributed by atoms with Crippen molar-refractivity contribution in [3.63, 3.8) is 0 Å². The lowest BCUT2D eigenvalue weighted by Crippen LogP contribution is -2.52. The monoisotopic (exact) mass is 289 g/mol. The van der Waals surface area contributed by atoms with Crippen molar-refractivity contribution in [3.8, 4) is 0 Å². The Morgan fingerprint density at radius 2 is 2.20 bits per heavy atom. The van der Waals surface area contributed by atoms with Gasteiger partial charge in [0.2, 0.25) is 5.91 Å². The summed E-state index contributed by atoms with van der Waals surface area (Å²) in [6.45, 7) is 1.07. The Bertz CT molecular complexity index is 380. The Balaban J connectivity index is 2.45. The van der Waals surface area contributed by atoms with Crippen LogP contribution in [-0.2, 0) is 19.1 Å². The number of urea groups is 1. The van der Waals surface area contributed by atoms with Crippen molar-refractivity contribution in [2.45, 2.75) is 24.5 Å². The van der Waals surface area contributed by atoms with Crippen LogP contribution in [0.25, 0.3) is 0 Å². The number of primary amides is 1. The van der Waals surface area contributed by atoms with E-state index in [1.165, 1.54) is 7.11 Å². The first-order valence-electron chi connectivity index (χ1n) is 6.07. The summed E-state index contributed by atoms with van der Waals surface area (Å²) in [5.74, 6) is -2.14. The molecule has 3 amide bonds. The third kappa shape index (κ3) is 4.67. The molecule has 1 fully saturated rings. The summed E-state index contributed by atoms with van der Waals surface area (Å²) in [4.78, 5) is 33.2. The normalized spacial score (nSPS) is 23.1. The van der Waals surface area contributed by atoms with Crippen molar-refractivity contribution in [2.75, 3.05) is 26.9 Å². The van der Waals surface area contributed by atoms with Crippen LogP contribution in [-0.4, -0.2) is 61.5 Å². The molecule has 5 N–H and O–H groups in total. The lowest BCUT2D eigenvalue weighted by molar-refractivity contribution is -0.140. The smallest absolute Gasteiger partial charge is 0.326 e. The third-order valence-corrected chi connectivity index (χ3v) is 3.08. The lowest BCUT2D eigenvalue weighted by Gasteiger charge is -2.26. The standard InChI is InChI=1S/C11H19N3O6/c1-19-11(2-3-20-6-11)5-13-10(18)14-7(9(16)17)4-8(12)15/h7H,2-6H2,1H3,(H2,12,15)(H,16,17)(H2,13,14,18)/t7-,11?/m0/s1. The number of carboxylic acids is 1. The first kappa shape index (κ1) is 16.2. The minimum atomic E-state index is -1.36. The van der Waals surface area contributed by atoms with Gasteiger partial charge in [0.15, 0.2) is 0 Å². The number of carboxylic acid groups (broad SMARTS) is 1. The summed E-state index contributed by atoms with van der Waals surface area (Å²) in [6, 6.07) is -2.06. The average molecular weight is 289 g/mol. The zero-order chi connectivity index (χ0) is 15.2. The van der Waals surface area contributed by atoms with Gasteiger partial charge >= 0.3 is 12.0 Å². The molecule has 0 radical (unpaired) electrons. The van der Waals surface area contributed by atoms with Crippen LogP contribution in [0.4, 0.5) is 4.79 Å². The van der Waals surface area contributed by atoms with Gasteiger partial charge in [-0.15, -0.1) is 0 Å². The van der Waals surface area contributed by atoms with Crippen LogP contribution in [0.2, 0.25) is 0 Å². The van der Waals surface area contributed by atoms with Crippen LogP contribution >= 0.6 is 0 Å². The molecular formula is C11H19N3O6. The second-order valence-corrected chi connectivity index (χ2v) is 4.58. The van der Waals surface area contributed by atoms with Crippen LogP contribution < -0.4 is 16.4 Å². The maximum absolute atomic E-state index is 11.6. The molecule has 0 aromatic rings. The fourth-order valence-corrected chi connectivity index (χ4v) is 1.81. The van der Waals surface area contributed by atoms with E-state index in [0.717, 1.165) is 0 Å². The highest BCUT2D eigenvalue weighted by Gasteiger charge is 2.35. The molecule has 0 aromatic carbocycles. The number of hydrogen-bond donors (Lipinski definition) is 4. The molecule has 20 heavy (non-hydrogen) atoms. The van der Waals surface area contributed by atoms with Crippen molar-refractivity contribution < 1.29 is 29.0 Å². The van der Waals surface area contributed by atoms with E-state index in [9.17, 15) is 14.4 Å². The number of aliphatic carboxylic acids is 1. The number of nitrogens with two attached hydrogens (primary N) is 1. The third-order valence-electron chi connectivity index (χ3n) is 3.08. The number of nitrogens with one attached hydrogen (secondary N) is 2. The topological polar surface area (TPSA) is 140 Å². The van der Waals surface area contributed by atoms with Crippen LogP contribution in [0.3, 0.4) is 0 Å². The van der Waals surface area contributed by atoms with E-state index in [2.05, 4.69) is 10.6 Å². The predicted octanol–water partition coefficient (Wildman–Crippen LogP) is -1.58. The van der Waals surface area contributed by atoms with Crippen molar-refractivity contribution in [3.05, 3.63) is 0 Å². The molecule has 1 saturated heterocycles. The van der Waals surface area contributed by atoms with Gasteiger partial charge in [0, 0.05) is 20.1 Å². The van der Waals surface area contributed by atoms with Crippen molar-refractivity contribution >= 4 is 17.9 Å². The summed E-state index contributed by atoms with van der Waals surface area (Å²) in [5, 5.41) is 13.5. The van der Waals surface area contributed by atoms with Gasteiger partial charge in [-0.1, -0.05) is 0 Å². The van der Waals surface area contributed by atoms with Crippen LogP contribution in [0.15, 0.2) is 0 Å². The summed E-state index contributed by atoms with van der Waals surface area (Å²) in [5.41, 5.74) is 4.31. The van der Waals surface area contributed by atoms with E-state index in [1.54, 1.807) is 0 Å². The molecule has 0 aliphatic carbocycles. The zero-order valence-corrected chi connectivity index (χ0v) is 11.2. The summed E-state index contributed by atoms with van der Waals surface area (Å²) in [7, 11) is 1.52. The Labute approximate surface area is 115 Å². The van der Waals surface area contributed by atoms with Crippen molar-refractivity contribution in [1.29, 1.82) is 0 Å². The van der Waals surface area contributed by atoms with Gasteiger partial charge in [0.05, 0.1) is 19.6 Å². The summed E-state index contributed by atoms with van der Waals surface area (Å²) in [6.07, 6.45) is 0.161. The van der Waals surface area contributed by atoms with Crippen LogP contribution in [0.1, 0.15) is 12.8 Å². The Hall–Kier alpha value is -1.87. The second kappa shape index (κ2) is 7.06. The number of ether oxygens (including phenoxy) is 2. The van der Waals surface area contributed by atoms with Gasteiger partial charge in [-0.2, -0.15) is 0 Å². The Morgan fingerprint density at radius 1 is 1.50 bits per heavy atom. The van der Waals surface area contributed by atoms with Gasteiger partial charge < -0.3 is 30.9 Å². The Kier molecular flexibility index (Phi) is 5.71. The largest absolute Gasteiger partial charge is 0.480 e. The first-order chi connectivity index (χ1) is 9.38. The number of rotatable bonds is 7. The molecule has 0 spiro atoms. The predicted molar refractivity (Wildman–Crippen MR) is 66.9 cm³/mol. The van der Waals surface area contributed by atoms with E-state index in [-0.39, 0.29) is 6.54 Å². The van der Waals surface area contributed by atoms with E-state index >= 15 is 0 Å². The number of amides is 3. The fraction of sp³-hybridized carbons (Fsp3) is 0.727. The first-order valence-corrected chi connectivity index (χ1v) is 6.07. The zero-order valence-electron chi connectivity index (χ0n) is 11.2. The van der Waals surface area contributed by atoms with Gasteiger partial charge in [0.1, 0.15) is 11.6 Å². The average Bonchev–Trinajstić information content (AvgIpc) is 2.84. The molecule has 0 aromatic heterocycles. The molecule has 114 valence electrons. The summed E-state index contributed by atoms with van der Waals surface area (Å²) >= 11 is 0. The van der Waals surface area contributed by atoms with Crippen molar-refractivity contribution in [1.82, 2.24) is 10.6 Å². The highest BCUT2D eigenvalue weighted by Crippen LogP contribution is 2.21. The minimum absolute atomic E-state index is 0.179. The highest BCUT2D eigenvalue weighted by atomic mass is 16.5. The van der Waals surface area contributed by atoms with E-state index < -0.39 is 36.0 Å². The maximum atomic E-state index is 11.6. The summed E-state index contributed by atoms with van der Waals surface area (Å²) < 4.78 is 10.5. The van der Waals surface area contributed by atoms with E-state index in [1.807, 2.05) is 0 Å². The SMILES string of the molecule is COC1(CNC(=O)N[C@@H](CC(N)=O)C(=O)O)CCOC1. The highest BCUT2D eigenvalue weighted by molar-refractivity contribution is 5.87. The minimum Gasteiger partial charge on any atom is -0.480 e. The van der Waals surface area contributed by atoms with E-state index in [4.69, 9.17) is 20.3 Å². The van der Waals surface area contributed by atoms with Gasteiger partial charge in [-0.3, -0.25) is 4.79 Å². The van der Waals surface area contributed by atoms with Crippen LogP contribution in [0, 0.1) is 0 Å². The molecular weight excluding hydrogens is 270 g/mol. The molecule has 1 unspecified atom stereocenters. The molecule has 9 heteroatoms. The van der Waals surface area contributed by atoms with Gasteiger partial charge in [0.25, 0.3) is 0 Å². The van der Waals surface area contributed by atoms with Gasteiger partial charge in [-0.05, 0) is 0 Å². The fourth-order valence-electron chi connectivity index (χ4n) is 1.81. The quantitative estimate of drug-likeness (QED) is 0.446. The molecule has 0 saturated carbocycles. The number of carbonyl (C=O) groups is 3. The maximum Gasteiger partial charge on any atom is 0.326 e. The molecule has 2 atom stereocenters. The molecule has 9 nitrogen and oxygen atoms in total. The Morgan fingerprint density at radius 3 is 2.65 bits per heavy atom.